The number of nitrogens with zero attached hydrogens (tertiary/aromatic N) is 2. The van der Waals surface area contributed by atoms with Crippen LogP contribution in [0, 0.1) is 0 Å². The van der Waals surface area contributed by atoms with Crippen LogP contribution in [0.25, 0.3) is 22.5 Å². The van der Waals surface area contributed by atoms with E-state index in [9.17, 15) is 4.79 Å². The summed E-state index contributed by atoms with van der Waals surface area (Å²) in [4.78, 5) is 12.1. The Bertz CT molecular complexity index is 881. The molecule has 0 amide bonds. The third kappa shape index (κ3) is 2.95. The Morgan fingerprint density at radius 2 is 1.92 bits per heavy atom. The zero-order valence-electron chi connectivity index (χ0n) is 14.1. The summed E-state index contributed by atoms with van der Waals surface area (Å²) in [5.41, 5.74) is 4.72. The molecule has 0 aliphatic carbocycles. The molecular formula is C20H20N2O2. The average Bonchev–Trinajstić information content (AvgIpc) is 3.07. The lowest BCUT2D eigenvalue weighted by Crippen LogP contribution is -2.09. The van der Waals surface area contributed by atoms with Gasteiger partial charge in [-0.15, -0.1) is 0 Å². The van der Waals surface area contributed by atoms with Gasteiger partial charge in [-0.2, -0.15) is 9.78 Å². The molecule has 0 spiro atoms. The van der Waals surface area contributed by atoms with Gasteiger partial charge < -0.3 is 4.74 Å². The zero-order valence-corrected chi connectivity index (χ0v) is 14.1. The highest BCUT2D eigenvalue weighted by Crippen LogP contribution is 2.30. The van der Waals surface area contributed by atoms with E-state index in [0.717, 1.165) is 34.7 Å². The van der Waals surface area contributed by atoms with Gasteiger partial charge in [-0.05, 0) is 30.2 Å². The Kier molecular flexibility index (Phi) is 4.47. The molecular weight excluding hydrogens is 300 g/mol. The van der Waals surface area contributed by atoms with E-state index in [4.69, 9.17) is 4.74 Å². The topological polar surface area (TPSA) is 44.1 Å². The first-order chi connectivity index (χ1) is 11.6. The lowest BCUT2D eigenvalue weighted by atomic mass is 10.0. The molecule has 4 nitrogen and oxygen atoms in total. The fourth-order valence-electron chi connectivity index (χ4n) is 2.81. The molecule has 24 heavy (non-hydrogen) atoms. The molecule has 122 valence electrons. The molecule has 3 aromatic rings. The average molecular weight is 320 g/mol. The number of carbonyl (C=O) groups is 1. The Hall–Kier alpha value is -2.88. The molecule has 0 N–H and O–H groups in total. The zero-order chi connectivity index (χ0) is 17.1. The number of carbonyl (C=O) groups excluding carboxylic acids is 1. The van der Waals surface area contributed by atoms with E-state index in [-0.39, 0.29) is 5.91 Å². The second kappa shape index (κ2) is 6.71. The van der Waals surface area contributed by atoms with Gasteiger partial charge >= 0.3 is 0 Å². The van der Waals surface area contributed by atoms with Gasteiger partial charge in [0.25, 0.3) is 0 Å². The fourth-order valence-corrected chi connectivity index (χ4v) is 2.81. The van der Waals surface area contributed by atoms with Crippen LogP contribution in [0.4, 0.5) is 0 Å². The van der Waals surface area contributed by atoms with E-state index in [1.165, 1.54) is 17.2 Å². The standard InChI is InChI=1S/C20H20N2O2/c1-4-15-8-5-6-11-18(15)20-13-19(21-22(20)14(2)23)16-9-7-10-17(12-16)24-3/h5-13H,4H2,1-3H3. The molecule has 0 aliphatic heterocycles. The van der Waals surface area contributed by atoms with Gasteiger partial charge in [0.05, 0.1) is 18.5 Å². The summed E-state index contributed by atoms with van der Waals surface area (Å²) in [7, 11) is 1.64. The van der Waals surface area contributed by atoms with Crippen molar-refractivity contribution in [2.24, 2.45) is 0 Å². The van der Waals surface area contributed by atoms with Crippen LogP contribution < -0.4 is 4.74 Å². The van der Waals surface area contributed by atoms with Crippen LogP contribution >= 0.6 is 0 Å². The predicted molar refractivity (Wildman–Crippen MR) is 95.3 cm³/mol. The molecule has 0 saturated heterocycles. The third-order valence-corrected chi connectivity index (χ3v) is 4.05. The van der Waals surface area contributed by atoms with Crippen molar-refractivity contribution in [1.29, 1.82) is 0 Å². The number of aryl methyl sites for hydroxylation is 1. The third-order valence-electron chi connectivity index (χ3n) is 4.05. The molecule has 1 aromatic heterocycles. The van der Waals surface area contributed by atoms with Crippen molar-refractivity contribution >= 4 is 5.91 Å². The molecule has 0 unspecified atom stereocenters. The van der Waals surface area contributed by atoms with E-state index in [1.807, 2.05) is 48.5 Å². The monoisotopic (exact) mass is 320 g/mol. The largest absolute Gasteiger partial charge is 0.497 e. The van der Waals surface area contributed by atoms with Gasteiger partial charge in [-0.3, -0.25) is 4.79 Å². The SMILES string of the molecule is CCc1ccccc1-c1cc(-c2cccc(OC)c2)nn1C(C)=O. The number of rotatable bonds is 4. The van der Waals surface area contributed by atoms with Gasteiger partial charge in [0, 0.05) is 18.1 Å². The molecule has 2 aromatic carbocycles. The summed E-state index contributed by atoms with van der Waals surface area (Å²) in [6.45, 7) is 3.64. The first kappa shape index (κ1) is 16.0. The van der Waals surface area contributed by atoms with E-state index in [2.05, 4.69) is 18.1 Å². The minimum Gasteiger partial charge on any atom is -0.497 e. The number of ether oxygens (including phenoxy) is 1. The molecule has 1 heterocycles. The summed E-state index contributed by atoms with van der Waals surface area (Å²) in [6, 6.07) is 17.8. The minimum absolute atomic E-state index is 0.106. The number of methoxy groups -OCH3 is 1. The van der Waals surface area contributed by atoms with Crippen LogP contribution in [0.3, 0.4) is 0 Å². The molecule has 0 bridgehead atoms. The van der Waals surface area contributed by atoms with Gasteiger partial charge in [-0.25, -0.2) is 0 Å². The lowest BCUT2D eigenvalue weighted by Gasteiger charge is -2.08. The highest BCUT2D eigenvalue weighted by atomic mass is 16.5. The van der Waals surface area contributed by atoms with Crippen LogP contribution in [0.5, 0.6) is 5.75 Å². The van der Waals surface area contributed by atoms with Crippen LogP contribution in [0.1, 0.15) is 24.2 Å². The smallest absolute Gasteiger partial charge is 0.244 e. The molecule has 0 fully saturated rings. The van der Waals surface area contributed by atoms with Crippen molar-refractivity contribution in [3.63, 3.8) is 0 Å². The van der Waals surface area contributed by atoms with Crippen LogP contribution in [0.2, 0.25) is 0 Å². The summed E-state index contributed by atoms with van der Waals surface area (Å²) in [6.07, 6.45) is 0.897. The van der Waals surface area contributed by atoms with Gasteiger partial charge in [0.2, 0.25) is 5.91 Å². The number of hydrogen-bond donors (Lipinski definition) is 0. The van der Waals surface area contributed by atoms with Crippen molar-refractivity contribution in [1.82, 2.24) is 9.78 Å². The maximum atomic E-state index is 12.1. The number of hydrogen-bond acceptors (Lipinski definition) is 3. The summed E-state index contributed by atoms with van der Waals surface area (Å²) in [5, 5.41) is 4.52. The second-order valence-electron chi connectivity index (χ2n) is 5.59. The van der Waals surface area contributed by atoms with Gasteiger partial charge in [0.1, 0.15) is 5.75 Å². The van der Waals surface area contributed by atoms with Crippen molar-refractivity contribution in [3.05, 3.63) is 60.2 Å². The maximum Gasteiger partial charge on any atom is 0.244 e. The van der Waals surface area contributed by atoms with Crippen molar-refractivity contribution in [3.8, 4) is 28.3 Å². The first-order valence-corrected chi connectivity index (χ1v) is 7.97. The highest BCUT2D eigenvalue weighted by Gasteiger charge is 2.16. The summed E-state index contributed by atoms with van der Waals surface area (Å²) >= 11 is 0. The van der Waals surface area contributed by atoms with Gasteiger partial charge in [0.15, 0.2) is 0 Å². The second-order valence-corrected chi connectivity index (χ2v) is 5.59. The fraction of sp³-hybridized carbons (Fsp3) is 0.200. The molecule has 3 rings (SSSR count). The number of benzene rings is 2. The Morgan fingerprint density at radius 1 is 1.12 bits per heavy atom. The molecule has 0 saturated carbocycles. The highest BCUT2D eigenvalue weighted by molar-refractivity contribution is 5.84. The Labute approximate surface area is 141 Å². The van der Waals surface area contributed by atoms with Gasteiger partial charge in [-0.1, -0.05) is 43.3 Å². The molecule has 0 radical (unpaired) electrons. The van der Waals surface area contributed by atoms with Crippen molar-refractivity contribution < 1.29 is 9.53 Å². The van der Waals surface area contributed by atoms with Crippen LogP contribution in [-0.4, -0.2) is 22.8 Å². The van der Waals surface area contributed by atoms with E-state index in [0.29, 0.717) is 0 Å². The molecule has 0 atom stereocenters. The number of aromatic nitrogens is 2. The first-order valence-electron chi connectivity index (χ1n) is 7.97. The molecule has 0 aliphatic rings. The minimum atomic E-state index is -0.106. The normalized spacial score (nSPS) is 10.6. The lowest BCUT2D eigenvalue weighted by molar-refractivity contribution is 0.0923. The summed E-state index contributed by atoms with van der Waals surface area (Å²) < 4.78 is 6.76. The Morgan fingerprint density at radius 3 is 2.62 bits per heavy atom. The maximum absolute atomic E-state index is 12.1. The van der Waals surface area contributed by atoms with Crippen molar-refractivity contribution in [2.75, 3.05) is 7.11 Å². The predicted octanol–water partition coefficient (Wildman–Crippen LogP) is 4.45. The van der Waals surface area contributed by atoms with Crippen LogP contribution in [-0.2, 0) is 6.42 Å². The van der Waals surface area contributed by atoms with E-state index < -0.39 is 0 Å². The Balaban J connectivity index is 2.17. The van der Waals surface area contributed by atoms with E-state index >= 15 is 0 Å². The van der Waals surface area contributed by atoms with Crippen molar-refractivity contribution in [2.45, 2.75) is 20.3 Å². The quantitative estimate of drug-likeness (QED) is 0.713. The van der Waals surface area contributed by atoms with Crippen LogP contribution in [0.15, 0.2) is 54.6 Å². The van der Waals surface area contributed by atoms with E-state index in [1.54, 1.807) is 7.11 Å². The molecule has 4 heteroatoms. The summed E-state index contributed by atoms with van der Waals surface area (Å²) in [5.74, 6) is 0.658.